The highest BCUT2D eigenvalue weighted by molar-refractivity contribution is 5.94. The van der Waals surface area contributed by atoms with Crippen molar-refractivity contribution in [3.63, 3.8) is 0 Å². The summed E-state index contributed by atoms with van der Waals surface area (Å²) >= 11 is 0. The molecule has 4 heteroatoms. The zero-order chi connectivity index (χ0) is 13.0. The molecule has 0 spiro atoms. The van der Waals surface area contributed by atoms with Crippen LogP contribution in [0.4, 0.5) is 5.69 Å². The molecule has 0 bridgehead atoms. The van der Waals surface area contributed by atoms with Gasteiger partial charge in [0.1, 0.15) is 5.75 Å². The number of nitrogens with one attached hydrogen (secondary N) is 1. The minimum Gasteiger partial charge on any atom is -0.497 e. The van der Waals surface area contributed by atoms with Gasteiger partial charge >= 0.3 is 0 Å². The van der Waals surface area contributed by atoms with Crippen LogP contribution >= 0.6 is 0 Å². The molecule has 1 N–H and O–H groups in total. The molecule has 98 valence electrons. The molecule has 1 aromatic carbocycles. The first-order valence-corrected chi connectivity index (χ1v) is 6.36. The average Bonchev–Trinajstić information content (AvgIpc) is 2.40. The molecule has 4 nitrogen and oxygen atoms in total. The summed E-state index contributed by atoms with van der Waals surface area (Å²) in [6, 6.07) is 7.42. The lowest BCUT2D eigenvalue weighted by Crippen LogP contribution is -2.44. The van der Waals surface area contributed by atoms with Gasteiger partial charge in [-0.3, -0.25) is 9.69 Å². The quantitative estimate of drug-likeness (QED) is 0.891. The maximum Gasteiger partial charge on any atom is 0.241 e. The molecule has 1 fully saturated rings. The van der Waals surface area contributed by atoms with Crippen LogP contribution < -0.4 is 10.1 Å². The third kappa shape index (κ3) is 3.01. The Hall–Kier alpha value is -1.55. The molecule has 1 unspecified atom stereocenters. The fourth-order valence-electron chi connectivity index (χ4n) is 2.31. The van der Waals surface area contributed by atoms with Crippen molar-refractivity contribution in [2.24, 2.45) is 0 Å². The van der Waals surface area contributed by atoms with Crippen molar-refractivity contribution < 1.29 is 9.53 Å². The molecule has 1 amide bonds. The maximum absolute atomic E-state index is 12.1. The van der Waals surface area contributed by atoms with Gasteiger partial charge in [-0.2, -0.15) is 0 Å². The number of amides is 1. The van der Waals surface area contributed by atoms with Gasteiger partial charge in [0.05, 0.1) is 13.2 Å². The van der Waals surface area contributed by atoms with Gasteiger partial charge < -0.3 is 10.1 Å². The first-order valence-electron chi connectivity index (χ1n) is 6.36. The minimum atomic E-state index is 0.000789. The van der Waals surface area contributed by atoms with Crippen molar-refractivity contribution in [2.75, 3.05) is 26.0 Å². The smallest absolute Gasteiger partial charge is 0.241 e. The van der Waals surface area contributed by atoms with Gasteiger partial charge in [0, 0.05) is 5.69 Å². The Morgan fingerprint density at radius 2 is 2.06 bits per heavy atom. The summed E-state index contributed by atoms with van der Waals surface area (Å²) in [5.74, 6) is 0.880. The summed E-state index contributed by atoms with van der Waals surface area (Å²) in [5, 5.41) is 2.96. The first-order chi connectivity index (χ1) is 8.70. The van der Waals surface area contributed by atoms with E-state index >= 15 is 0 Å². The molecule has 1 atom stereocenters. The SMILES string of the molecule is COc1ccc(NC(=O)C2CCCCN2C)cc1. The topological polar surface area (TPSA) is 41.6 Å². The fourth-order valence-corrected chi connectivity index (χ4v) is 2.31. The number of carbonyl (C=O) groups excluding carboxylic acids is 1. The fraction of sp³-hybridized carbons (Fsp3) is 0.500. The predicted octanol–water partition coefficient (Wildman–Crippen LogP) is 2.12. The van der Waals surface area contributed by atoms with Crippen LogP contribution in [-0.2, 0) is 4.79 Å². The second kappa shape index (κ2) is 5.87. The van der Waals surface area contributed by atoms with E-state index in [-0.39, 0.29) is 11.9 Å². The Morgan fingerprint density at radius 3 is 2.67 bits per heavy atom. The third-order valence-electron chi connectivity index (χ3n) is 3.43. The molecule has 18 heavy (non-hydrogen) atoms. The molecule has 1 saturated heterocycles. The summed E-state index contributed by atoms with van der Waals surface area (Å²) in [4.78, 5) is 14.3. The molecule has 1 aromatic rings. The molecule has 0 aliphatic carbocycles. The van der Waals surface area contributed by atoms with Gasteiger partial charge in [0.25, 0.3) is 0 Å². The number of hydrogen-bond acceptors (Lipinski definition) is 3. The third-order valence-corrected chi connectivity index (χ3v) is 3.43. The highest BCUT2D eigenvalue weighted by atomic mass is 16.5. The highest BCUT2D eigenvalue weighted by Gasteiger charge is 2.25. The summed E-state index contributed by atoms with van der Waals surface area (Å²) in [6.45, 7) is 1.00. The van der Waals surface area contributed by atoms with Gasteiger partial charge in [0.2, 0.25) is 5.91 Å². The number of nitrogens with zero attached hydrogens (tertiary/aromatic N) is 1. The summed E-state index contributed by atoms with van der Waals surface area (Å²) < 4.78 is 5.09. The lowest BCUT2D eigenvalue weighted by atomic mass is 10.0. The van der Waals surface area contributed by atoms with E-state index in [1.54, 1.807) is 7.11 Å². The average molecular weight is 248 g/mol. The molecular formula is C14H20N2O2. The Balaban J connectivity index is 1.97. The van der Waals surface area contributed by atoms with Crippen LogP contribution in [0.1, 0.15) is 19.3 Å². The predicted molar refractivity (Wildman–Crippen MR) is 71.9 cm³/mol. The zero-order valence-corrected chi connectivity index (χ0v) is 11.0. The van der Waals surface area contributed by atoms with Gasteiger partial charge in [-0.1, -0.05) is 6.42 Å². The number of benzene rings is 1. The van der Waals surface area contributed by atoms with Crippen molar-refractivity contribution in [2.45, 2.75) is 25.3 Å². The molecular weight excluding hydrogens is 228 g/mol. The number of methoxy groups -OCH3 is 1. The van der Waals surface area contributed by atoms with Crippen LogP contribution in [0.15, 0.2) is 24.3 Å². The Morgan fingerprint density at radius 1 is 1.33 bits per heavy atom. The van der Waals surface area contributed by atoms with Crippen LogP contribution in [0, 0.1) is 0 Å². The molecule has 1 aliphatic heterocycles. The van der Waals surface area contributed by atoms with E-state index in [0.29, 0.717) is 0 Å². The molecule has 2 rings (SSSR count). The van der Waals surface area contributed by atoms with Crippen molar-refractivity contribution in [3.8, 4) is 5.75 Å². The van der Waals surface area contributed by atoms with Crippen molar-refractivity contribution in [1.82, 2.24) is 4.90 Å². The van der Waals surface area contributed by atoms with Crippen molar-refractivity contribution >= 4 is 11.6 Å². The summed E-state index contributed by atoms with van der Waals surface area (Å²) in [6.07, 6.45) is 3.26. The first kappa shape index (κ1) is 12.9. The van der Waals surface area contributed by atoms with E-state index in [1.807, 2.05) is 31.3 Å². The number of ether oxygens (including phenoxy) is 1. The van der Waals surface area contributed by atoms with E-state index in [4.69, 9.17) is 4.74 Å². The number of rotatable bonds is 3. The Kier molecular flexibility index (Phi) is 4.20. The van der Waals surface area contributed by atoms with E-state index in [2.05, 4.69) is 10.2 Å². The number of anilines is 1. The van der Waals surface area contributed by atoms with Crippen LogP contribution in [0.3, 0.4) is 0 Å². The van der Waals surface area contributed by atoms with Crippen molar-refractivity contribution in [1.29, 1.82) is 0 Å². The standard InChI is InChI=1S/C14H20N2O2/c1-16-10-4-3-5-13(16)14(17)15-11-6-8-12(18-2)9-7-11/h6-9,13H,3-5,10H2,1-2H3,(H,15,17). The second-order valence-electron chi connectivity index (χ2n) is 4.71. The Bertz CT molecular complexity index is 403. The lowest BCUT2D eigenvalue weighted by molar-refractivity contribution is -0.121. The molecule has 1 heterocycles. The van der Waals surface area contributed by atoms with Crippen molar-refractivity contribution in [3.05, 3.63) is 24.3 Å². The summed E-state index contributed by atoms with van der Waals surface area (Å²) in [7, 11) is 3.64. The van der Waals surface area contributed by atoms with Crippen LogP contribution in [0.25, 0.3) is 0 Å². The second-order valence-corrected chi connectivity index (χ2v) is 4.71. The highest BCUT2D eigenvalue weighted by Crippen LogP contribution is 2.19. The Labute approximate surface area is 108 Å². The van der Waals surface area contributed by atoms with Crippen LogP contribution in [-0.4, -0.2) is 37.6 Å². The normalized spacial score (nSPS) is 20.4. The van der Waals surface area contributed by atoms with Crippen LogP contribution in [0.2, 0.25) is 0 Å². The van der Waals surface area contributed by atoms with Gasteiger partial charge in [-0.25, -0.2) is 0 Å². The molecule has 1 aliphatic rings. The van der Waals surface area contributed by atoms with Gasteiger partial charge in [0.15, 0.2) is 0 Å². The maximum atomic E-state index is 12.1. The number of carbonyl (C=O) groups is 1. The monoisotopic (exact) mass is 248 g/mol. The van der Waals surface area contributed by atoms with Crippen LogP contribution in [0.5, 0.6) is 5.75 Å². The zero-order valence-electron chi connectivity index (χ0n) is 11.0. The largest absolute Gasteiger partial charge is 0.497 e. The van der Waals surface area contributed by atoms with Gasteiger partial charge in [-0.15, -0.1) is 0 Å². The number of likely N-dealkylation sites (N-methyl/N-ethyl adjacent to an activating group) is 1. The van der Waals surface area contributed by atoms with E-state index in [1.165, 1.54) is 6.42 Å². The van der Waals surface area contributed by atoms with Gasteiger partial charge in [-0.05, 0) is 50.7 Å². The molecule has 0 saturated carbocycles. The van der Waals surface area contributed by atoms with E-state index < -0.39 is 0 Å². The molecule has 0 aromatic heterocycles. The number of hydrogen-bond donors (Lipinski definition) is 1. The number of piperidine rings is 1. The van der Waals surface area contributed by atoms with E-state index in [9.17, 15) is 4.79 Å². The lowest BCUT2D eigenvalue weighted by Gasteiger charge is -2.31. The minimum absolute atomic E-state index is 0.000789. The molecule has 0 radical (unpaired) electrons. The summed E-state index contributed by atoms with van der Waals surface area (Å²) in [5.41, 5.74) is 0.819. The number of likely N-dealkylation sites (tertiary alicyclic amines) is 1. The van der Waals surface area contributed by atoms with E-state index in [0.717, 1.165) is 30.8 Å².